The molecule has 1 heterocycles. The van der Waals surface area contributed by atoms with Gasteiger partial charge in [-0.15, -0.1) is 11.8 Å². The predicted molar refractivity (Wildman–Crippen MR) is 104 cm³/mol. The molecule has 0 spiro atoms. The van der Waals surface area contributed by atoms with Crippen molar-refractivity contribution in [2.24, 2.45) is 0 Å². The first kappa shape index (κ1) is 18.5. The number of amides is 1. The van der Waals surface area contributed by atoms with Crippen molar-refractivity contribution >= 4 is 29.3 Å². The molecule has 0 radical (unpaired) electrons. The Morgan fingerprint density at radius 2 is 1.96 bits per heavy atom. The third-order valence-corrected chi connectivity index (χ3v) is 5.01. The lowest BCUT2D eigenvalue weighted by molar-refractivity contribution is -0.118. The van der Waals surface area contributed by atoms with Crippen molar-refractivity contribution in [3.63, 3.8) is 0 Å². The van der Waals surface area contributed by atoms with Crippen LogP contribution in [0, 0.1) is 6.92 Å². The highest BCUT2D eigenvalue weighted by Gasteiger charge is 2.10. The minimum atomic E-state index is -0.0860. The van der Waals surface area contributed by atoms with Crippen LogP contribution >= 0.6 is 23.4 Å². The lowest BCUT2D eigenvalue weighted by Gasteiger charge is -2.04. The van der Waals surface area contributed by atoms with Crippen LogP contribution in [-0.2, 0) is 17.1 Å². The summed E-state index contributed by atoms with van der Waals surface area (Å²) in [5.74, 6) is 1.83. The number of thioether (sulfide) groups is 1. The number of hydrogen-bond donors (Lipinski definition) is 1. The summed E-state index contributed by atoms with van der Waals surface area (Å²) in [7, 11) is 0. The van der Waals surface area contributed by atoms with Gasteiger partial charge in [-0.25, -0.2) is 0 Å². The molecule has 2 aromatic carbocycles. The molecule has 0 bridgehead atoms. The lowest BCUT2D eigenvalue weighted by atomic mass is 10.1. The van der Waals surface area contributed by atoms with E-state index in [1.165, 1.54) is 17.3 Å². The molecule has 0 saturated carbocycles. The van der Waals surface area contributed by atoms with Crippen LogP contribution < -0.4 is 5.32 Å². The summed E-state index contributed by atoms with van der Waals surface area (Å²) < 4.78 is 5.19. The number of benzene rings is 2. The van der Waals surface area contributed by atoms with Crippen LogP contribution in [0.5, 0.6) is 0 Å². The van der Waals surface area contributed by atoms with Crippen molar-refractivity contribution < 1.29 is 9.32 Å². The van der Waals surface area contributed by atoms with Gasteiger partial charge in [0.25, 0.3) is 0 Å². The van der Waals surface area contributed by atoms with Crippen molar-refractivity contribution in [3.05, 3.63) is 70.6 Å². The van der Waals surface area contributed by atoms with Crippen LogP contribution in [0.4, 0.5) is 0 Å². The molecule has 0 aliphatic rings. The molecule has 134 valence electrons. The zero-order chi connectivity index (χ0) is 18.4. The molecule has 26 heavy (non-hydrogen) atoms. The number of halogens is 1. The quantitative estimate of drug-likeness (QED) is 0.656. The standard InChI is InChI=1S/C19H18ClN3O2S/c1-13-6-8-14(9-7-13)19-22-18(25-23-19)10-21-17(24)12-26-11-15-4-2-3-5-16(15)20/h2-9H,10-12H2,1H3,(H,21,24). The van der Waals surface area contributed by atoms with Gasteiger partial charge in [0, 0.05) is 16.3 Å². The van der Waals surface area contributed by atoms with Crippen LogP contribution in [0.15, 0.2) is 53.1 Å². The molecule has 1 N–H and O–H groups in total. The van der Waals surface area contributed by atoms with Crippen LogP contribution in [0.1, 0.15) is 17.0 Å². The van der Waals surface area contributed by atoms with Gasteiger partial charge in [-0.05, 0) is 18.6 Å². The number of rotatable bonds is 7. The van der Waals surface area contributed by atoms with Gasteiger partial charge in [-0.1, -0.05) is 64.8 Å². The second kappa shape index (κ2) is 8.87. The van der Waals surface area contributed by atoms with Crippen LogP contribution in [0.2, 0.25) is 5.02 Å². The molecule has 0 saturated heterocycles. The highest BCUT2D eigenvalue weighted by Crippen LogP contribution is 2.20. The van der Waals surface area contributed by atoms with Crippen LogP contribution in [-0.4, -0.2) is 21.8 Å². The first-order chi connectivity index (χ1) is 12.6. The Morgan fingerprint density at radius 3 is 2.73 bits per heavy atom. The van der Waals surface area contributed by atoms with Crippen molar-refractivity contribution in [2.45, 2.75) is 19.2 Å². The molecule has 0 atom stereocenters. The van der Waals surface area contributed by atoms with Gasteiger partial charge in [0.2, 0.25) is 17.6 Å². The van der Waals surface area contributed by atoms with Gasteiger partial charge in [0.1, 0.15) is 0 Å². The summed E-state index contributed by atoms with van der Waals surface area (Å²) >= 11 is 7.60. The van der Waals surface area contributed by atoms with Gasteiger partial charge in [-0.3, -0.25) is 4.79 Å². The Hall–Kier alpha value is -2.31. The van der Waals surface area contributed by atoms with Crippen LogP contribution in [0.25, 0.3) is 11.4 Å². The van der Waals surface area contributed by atoms with E-state index in [0.717, 1.165) is 16.1 Å². The maximum Gasteiger partial charge on any atom is 0.246 e. The average molecular weight is 388 g/mol. The van der Waals surface area contributed by atoms with Gasteiger partial charge in [0.05, 0.1) is 12.3 Å². The summed E-state index contributed by atoms with van der Waals surface area (Å²) in [5.41, 5.74) is 3.07. The molecular weight excluding hydrogens is 370 g/mol. The fourth-order valence-corrected chi connectivity index (χ4v) is 3.38. The average Bonchev–Trinajstić information content (AvgIpc) is 3.11. The number of carbonyl (C=O) groups excluding carboxylic acids is 1. The Labute approximate surface area is 161 Å². The Kier molecular flexibility index (Phi) is 6.30. The maximum absolute atomic E-state index is 12.0. The molecular formula is C19H18ClN3O2S. The molecule has 0 fully saturated rings. The topological polar surface area (TPSA) is 68.0 Å². The number of carbonyl (C=O) groups is 1. The Balaban J connectivity index is 1.45. The highest BCUT2D eigenvalue weighted by atomic mass is 35.5. The summed E-state index contributed by atoms with van der Waals surface area (Å²) in [6, 6.07) is 15.5. The van der Waals surface area contributed by atoms with E-state index in [9.17, 15) is 4.79 Å². The number of aromatic nitrogens is 2. The number of nitrogens with zero attached hydrogens (tertiary/aromatic N) is 2. The first-order valence-electron chi connectivity index (χ1n) is 8.09. The molecule has 1 aromatic heterocycles. The normalized spacial score (nSPS) is 10.7. The van der Waals surface area contributed by atoms with Crippen LogP contribution in [0.3, 0.4) is 0 Å². The van der Waals surface area contributed by atoms with Crippen molar-refractivity contribution in [1.29, 1.82) is 0 Å². The van der Waals surface area contributed by atoms with E-state index in [1.54, 1.807) is 0 Å². The van der Waals surface area contributed by atoms with E-state index in [4.69, 9.17) is 16.1 Å². The second-order valence-electron chi connectivity index (χ2n) is 5.74. The predicted octanol–water partition coefficient (Wildman–Crippen LogP) is 4.25. The lowest BCUT2D eigenvalue weighted by Crippen LogP contribution is -2.24. The van der Waals surface area contributed by atoms with Gasteiger partial charge in [-0.2, -0.15) is 4.98 Å². The first-order valence-corrected chi connectivity index (χ1v) is 9.62. The Bertz CT molecular complexity index is 881. The largest absolute Gasteiger partial charge is 0.346 e. The third-order valence-electron chi connectivity index (χ3n) is 3.66. The SMILES string of the molecule is Cc1ccc(-c2noc(CNC(=O)CSCc3ccccc3Cl)n2)cc1. The number of aryl methyl sites for hydroxylation is 1. The molecule has 5 nitrogen and oxygen atoms in total. The number of nitrogens with one attached hydrogen (secondary N) is 1. The molecule has 0 unspecified atom stereocenters. The van der Waals surface area contributed by atoms with E-state index in [2.05, 4.69) is 15.5 Å². The van der Waals surface area contributed by atoms with E-state index >= 15 is 0 Å². The summed E-state index contributed by atoms with van der Waals surface area (Å²) in [4.78, 5) is 16.3. The second-order valence-corrected chi connectivity index (χ2v) is 7.13. The van der Waals surface area contributed by atoms with Crippen molar-refractivity contribution in [1.82, 2.24) is 15.5 Å². The van der Waals surface area contributed by atoms with E-state index < -0.39 is 0 Å². The maximum atomic E-state index is 12.0. The molecule has 3 aromatic rings. The fourth-order valence-electron chi connectivity index (χ4n) is 2.24. The smallest absolute Gasteiger partial charge is 0.246 e. The van der Waals surface area contributed by atoms with Gasteiger partial charge < -0.3 is 9.84 Å². The minimum absolute atomic E-state index is 0.0860. The zero-order valence-electron chi connectivity index (χ0n) is 14.2. The summed E-state index contributed by atoms with van der Waals surface area (Å²) in [6.45, 7) is 2.23. The summed E-state index contributed by atoms with van der Waals surface area (Å²) in [5, 5.41) is 7.45. The van der Waals surface area contributed by atoms with Crippen molar-refractivity contribution in [2.75, 3.05) is 5.75 Å². The molecule has 0 aliphatic carbocycles. The summed E-state index contributed by atoms with van der Waals surface area (Å²) in [6.07, 6.45) is 0. The molecule has 1 amide bonds. The molecule has 0 aliphatic heterocycles. The molecule has 7 heteroatoms. The van der Waals surface area contributed by atoms with Gasteiger partial charge >= 0.3 is 0 Å². The molecule has 3 rings (SSSR count). The fraction of sp³-hybridized carbons (Fsp3) is 0.211. The number of hydrogen-bond acceptors (Lipinski definition) is 5. The minimum Gasteiger partial charge on any atom is -0.346 e. The van der Waals surface area contributed by atoms with E-state index in [0.29, 0.717) is 23.2 Å². The monoisotopic (exact) mass is 387 g/mol. The third kappa shape index (κ3) is 5.09. The van der Waals surface area contributed by atoms with E-state index in [-0.39, 0.29) is 12.5 Å². The van der Waals surface area contributed by atoms with Crippen molar-refractivity contribution in [3.8, 4) is 11.4 Å². The highest BCUT2D eigenvalue weighted by molar-refractivity contribution is 7.99. The van der Waals surface area contributed by atoms with Gasteiger partial charge in [0.15, 0.2) is 0 Å². The van der Waals surface area contributed by atoms with E-state index in [1.807, 2.05) is 55.5 Å². The zero-order valence-corrected chi connectivity index (χ0v) is 15.8. The Morgan fingerprint density at radius 1 is 1.19 bits per heavy atom.